The fourth-order valence-electron chi connectivity index (χ4n) is 3.06. The van der Waals surface area contributed by atoms with Crippen LogP contribution in [0.2, 0.25) is 0 Å². The molecule has 2 aromatic rings. The van der Waals surface area contributed by atoms with Crippen LogP contribution in [0.15, 0.2) is 34.5 Å². The number of rotatable bonds is 6. The van der Waals surface area contributed by atoms with Crippen molar-refractivity contribution in [1.82, 2.24) is 4.90 Å². The van der Waals surface area contributed by atoms with Gasteiger partial charge in [0, 0.05) is 28.6 Å². The zero-order chi connectivity index (χ0) is 19.4. The smallest absolute Gasteiger partial charge is 0.307 e. The molecule has 3 rings (SSSR count). The molecule has 0 radical (unpaired) electrons. The van der Waals surface area contributed by atoms with Crippen LogP contribution in [0.1, 0.15) is 34.9 Å². The third kappa shape index (κ3) is 5.14. The van der Waals surface area contributed by atoms with Crippen molar-refractivity contribution in [2.75, 3.05) is 12.3 Å². The highest BCUT2D eigenvalue weighted by Crippen LogP contribution is 2.25. The lowest BCUT2D eigenvalue weighted by Crippen LogP contribution is -2.42. The van der Waals surface area contributed by atoms with Crippen molar-refractivity contribution in [3.8, 4) is 0 Å². The van der Waals surface area contributed by atoms with Gasteiger partial charge >= 0.3 is 5.97 Å². The summed E-state index contributed by atoms with van der Waals surface area (Å²) in [6, 6.07) is 8.36. The molecule has 0 aliphatic carbocycles. The molecule has 0 N–H and O–H groups in total. The van der Waals surface area contributed by atoms with E-state index in [-0.39, 0.29) is 11.9 Å². The standard InChI is InChI=1S/C21H25NO3S2/c1-14-4-5-18(12-15(14)2)26-11-8-20(23)25-16(3)21(24)22-9-6-19-17(13-22)7-10-27-19/h4-5,7,10,12,16H,6,8-9,11,13H2,1-3H3. The van der Waals surface area contributed by atoms with Crippen LogP contribution in [0.3, 0.4) is 0 Å². The van der Waals surface area contributed by atoms with E-state index in [2.05, 4.69) is 43.5 Å². The number of carbonyl (C=O) groups excluding carboxylic acids is 2. The maximum Gasteiger partial charge on any atom is 0.307 e. The summed E-state index contributed by atoms with van der Waals surface area (Å²) in [6.45, 7) is 7.14. The highest BCUT2D eigenvalue weighted by Gasteiger charge is 2.27. The number of hydrogen-bond donors (Lipinski definition) is 0. The summed E-state index contributed by atoms with van der Waals surface area (Å²) in [5.41, 5.74) is 3.72. The zero-order valence-electron chi connectivity index (χ0n) is 16.0. The Hall–Kier alpha value is -1.79. The van der Waals surface area contributed by atoms with Gasteiger partial charge in [-0.15, -0.1) is 23.1 Å². The van der Waals surface area contributed by atoms with E-state index >= 15 is 0 Å². The molecule has 1 aromatic heterocycles. The van der Waals surface area contributed by atoms with Gasteiger partial charge in [0.1, 0.15) is 0 Å². The highest BCUT2D eigenvalue weighted by atomic mass is 32.2. The zero-order valence-corrected chi connectivity index (χ0v) is 17.6. The summed E-state index contributed by atoms with van der Waals surface area (Å²) < 4.78 is 5.37. The first-order valence-corrected chi connectivity index (χ1v) is 11.0. The summed E-state index contributed by atoms with van der Waals surface area (Å²) in [5.74, 6) is 0.215. The number of amides is 1. The van der Waals surface area contributed by atoms with Gasteiger partial charge in [0.15, 0.2) is 6.10 Å². The minimum Gasteiger partial charge on any atom is -0.453 e. The fraction of sp³-hybridized carbons (Fsp3) is 0.429. The molecule has 1 aliphatic rings. The lowest BCUT2D eigenvalue weighted by molar-refractivity contribution is -0.159. The largest absolute Gasteiger partial charge is 0.453 e. The number of fused-ring (bicyclic) bond motifs is 1. The molecule has 4 nitrogen and oxygen atoms in total. The van der Waals surface area contributed by atoms with Gasteiger partial charge in [-0.1, -0.05) is 6.07 Å². The molecule has 1 aromatic carbocycles. The predicted octanol–water partition coefficient (Wildman–Crippen LogP) is 4.36. The average Bonchev–Trinajstić information content (AvgIpc) is 3.11. The van der Waals surface area contributed by atoms with Crippen LogP contribution in [0.4, 0.5) is 0 Å². The summed E-state index contributed by atoms with van der Waals surface area (Å²) >= 11 is 3.37. The van der Waals surface area contributed by atoms with Crippen molar-refractivity contribution < 1.29 is 14.3 Å². The van der Waals surface area contributed by atoms with E-state index in [1.54, 1.807) is 34.9 Å². The summed E-state index contributed by atoms with van der Waals surface area (Å²) in [7, 11) is 0. The van der Waals surface area contributed by atoms with Crippen LogP contribution >= 0.6 is 23.1 Å². The van der Waals surface area contributed by atoms with Crippen molar-refractivity contribution >= 4 is 35.0 Å². The Bertz CT molecular complexity index is 831. The fourth-order valence-corrected chi connectivity index (χ4v) is 4.87. The Morgan fingerprint density at radius 1 is 1.26 bits per heavy atom. The van der Waals surface area contributed by atoms with E-state index in [4.69, 9.17) is 4.74 Å². The third-order valence-electron chi connectivity index (χ3n) is 4.83. The van der Waals surface area contributed by atoms with Crippen molar-refractivity contribution in [3.63, 3.8) is 0 Å². The number of thioether (sulfide) groups is 1. The van der Waals surface area contributed by atoms with Gasteiger partial charge in [0.25, 0.3) is 5.91 Å². The first kappa shape index (κ1) is 20.0. The Morgan fingerprint density at radius 3 is 2.85 bits per heavy atom. The number of thiophene rings is 1. The minimum atomic E-state index is -0.732. The number of ether oxygens (including phenoxy) is 1. The molecular formula is C21H25NO3S2. The molecule has 27 heavy (non-hydrogen) atoms. The first-order valence-electron chi connectivity index (χ1n) is 9.17. The van der Waals surface area contributed by atoms with Crippen LogP contribution in [-0.4, -0.2) is 35.2 Å². The summed E-state index contributed by atoms with van der Waals surface area (Å²) in [4.78, 5) is 29.0. The van der Waals surface area contributed by atoms with Gasteiger partial charge in [0.05, 0.1) is 6.42 Å². The second-order valence-electron chi connectivity index (χ2n) is 6.86. The lowest BCUT2D eigenvalue weighted by atomic mass is 10.1. The van der Waals surface area contributed by atoms with Gasteiger partial charge in [-0.25, -0.2) is 0 Å². The van der Waals surface area contributed by atoms with Gasteiger partial charge in [-0.2, -0.15) is 0 Å². The van der Waals surface area contributed by atoms with Gasteiger partial charge in [0.2, 0.25) is 0 Å². The Labute approximate surface area is 168 Å². The van der Waals surface area contributed by atoms with E-state index in [1.807, 2.05) is 0 Å². The molecule has 0 bridgehead atoms. The molecule has 1 atom stereocenters. The Balaban J connectivity index is 1.43. The van der Waals surface area contributed by atoms with Crippen molar-refractivity contribution in [1.29, 1.82) is 0 Å². The summed E-state index contributed by atoms with van der Waals surface area (Å²) in [6.07, 6.45) is 0.444. The number of aryl methyl sites for hydroxylation is 2. The number of benzene rings is 1. The highest BCUT2D eigenvalue weighted by molar-refractivity contribution is 7.99. The molecule has 0 saturated carbocycles. The topological polar surface area (TPSA) is 46.6 Å². The second-order valence-corrected chi connectivity index (χ2v) is 9.02. The van der Waals surface area contributed by atoms with Gasteiger partial charge in [-0.05, 0) is 67.5 Å². The molecule has 0 spiro atoms. The SMILES string of the molecule is Cc1ccc(SCCC(=O)OC(C)C(=O)N2CCc3sccc3C2)cc1C. The molecule has 0 fully saturated rings. The van der Waals surface area contributed by atoms with Gasteiger partial charge in [-0.3, -0.25) is 9.59 Å². The van der Waals surface area contributed by atoms with Crippen molar-refractivity contribution in [2.45, 2.75) is 51.2 Å². The summed E-state index contributed by atoms with van der Waals surface area (Å²) in [5, 5.41) is 2.06. The molecular weight excluding hydrogens is 378 g/mol. The molecule has 1 aliphatic heterocycles. The molecule has 1 amide bonds. The quantitative estimate of drug-likeness (QED) is 0.531. The number of esters is 1. The average molecular weight is 404 g/mol. The number of nitrogens with zero attached hydrogens (tertiary/aromatic N) is 1. The monoisotopic (exact) mass is 403 g/mol. The van der Waals surface area contributed by atoms with E-state index in [0.717, 1.165) is 11.3 Å². The van der Waals surface area contributed by atoms with E-state index in [0.29, 0.717) is 25.3 Å². The second kappa shape index (κ2) is 8.93. The van der Waals surface area contributed by atoms with Crippen molar-refractivity contribution in [2.24, 2.45) is 0 Å². The minimum absolute atomic E-state index is 0.109. The maximum atomic E-state index is 12.6. The molecule has 144 valence electrons. The number of carbonyl (C=O) groups is 2. The van der Waals surface area contributed by atoms with Crippen LogP contribution in [0.5, 0.6) is 0 Å². The number of hydrogen-bond acceptors (Lipinski definition) is 5. The van der Waals surface area contributed by atoms with E-state index < -0.39 is 6.10 Å². The van der Waals surface area contributed by atoms with Crippen LogP contribution in [-0.2, 0) is 27.3 Å². The van der Waals surface area contributed by atoms with E-state index in [9.17, 15) is 9.59 Å². The Kier molecular flexibility index (Phi) is 6.60. The lowest BCUT2D eigenvalue weighted by Gasteiger charge is -2.29. The Morgan fingerprint density at radius 2 is 2.07 bits per heavy atom. The van der Waals surface area contributed by atoms with Crippen LogP contribution < -0.4 is 0 Å². The molecule has 2 heterocycles. The molecule has 0 saturated heterocycles. The normalized spacial score (nSPS) is 14.6. The molecule has 1 unspecified atom stereocenters. The molecule has 6 heteroatoms. The van der Waals surface area contributed by atoms with Crippen molar-refractivity contribution in [3.05, 3.63) is 51.2 Å². The van der Waals surface area contributed by atoms with Crippen LogP contribution in [0.25, 0.3) is 0 Å². The first-order chi connectivity index (χ1) is 12.9. The third-order valence-corrected chi connectivity index (χ3v) is 6.85. The van der Waals surface area contributed by atoms with Gasteiger partial charge < -0.3 is 9.64 Å². The predicted molar refractivity (Wildman–Crippen MR) is 110 cm³/mol. The van der Waals surface area contributed by atoms with Crippen LogP contribution in [0, 0.1) is 13.8 Å². The maximum absolute atomic E-state index is 12.6. The van der Waals surface area contributed by atoms with E-state index in [1.165, 1.54) is 21.6 Å².